The van der Waals surface area contributed by atoms with Gasteiger partial charge in [-0.05, 0) is 0 Å². The smallest absolute Gasteiger partial charge is 0 e. The van der Waals surface area contributed by atoms with E-state index in [1.54, 1.807) is 0 Å². The van der Waals surface area contributed by atoms with Gasteiger partial charge in [-0.25, -0.2) is 0 Å². The molecule has 0 aliphatic heterocycles. The van der Waals surface area contributed by atoms with Crippen LogP contribution < -0.4 is 0 Å². The number of hydrogen-bond donors (Lipinski definition) is 0. The van der Waals surface area contributed by atoms with E-state index in [0.717, 1.165) is 0 Å². The van der Waals surface area contributed by atoms with E-state index in [1.165, 1.54) is 0 Å². The molecule has 0 N–H and O–H groups in total. The maximum Gasteiger partial charge on any atom is 0 e. The van der Waals surface area contributed by atoms with Crippen LogP contribution >= 0.6 is 0 Å². The first-order valence-electron chi connectivity index (χ1n) is 0. The van der Waals surface area contributed by atoms with E-state index >= 15 is 0 Å². The van der Waals surface area contributed by atoms with Gasteiger partial charge < -0.3 is 0 Å². The van der Waals surface area contributed by atoms with Crippen LogP contribution in [0.2, 0.25) is 0 Å². The second kappa shape index (κ2) is 111. The zero-order valence-corrected chi connectivity index (χ0v) is 26.7. The van der Waals surface area contributed by atoms with Crippen LogP contribution in [0.5, 0.6) is 0 Å². The van der Waals surface area contributed by atoms with E-state index in [0.29, 0.717) is 0 Å². The Labute approximate surface area is 250 Å². The molecule has 0 atom stereocenters. The maximum absolute atomic E-state index is 0. The van der Waals surface area contributed by atoms with E-state index < -0.39 is 0 Å². The molecule has 111 valence electrons. The Morgan fingerprint density at radius 3 is 0.154 bits per heavy atom. The zero-order chi connectivity index (χ0) is 0. The van der Waals surface area contributed by atoms with Crippen LogP contribution in [-0.2, 0) is 154 Å². The maximum atomic E-state index is 0. The average molecular weight is 1030 g/mol. The molecule has 0 aromatic heterocycles. The van der Waals surface area contributed by atoms with E-state index in [1.807, 2.05) is 0 Å². The van der Waals surface area contributed by atoms with Gasteiger partial charge >= 0.3 is 0 Å². The van der Waals surface area contributed by atoms with Gasteiger partial charge in [-0.1, -0.05) is 0 Å². The van der Waals surface area contributed by atoms with Crippen molar-refractivity contribution in [1.82, 2.24) is 0 Å². The zero-order valence-electron chi connectivity index (χ0n) is 5.02. The standard InChI is InChI=1S/9Cu.4In. The van der Waals surface area contributed by atoms with E-state index in [4.69, 9.17) is 0 Å². The molecule has 0 aromatic carbocycles. The Kier molecular flexibility index (Phi) is 1110. The molecule has 0 saturated carbocycles. The van der Waals surface area contributed by atoms with Crippen LogP contribution in [0.1, 0.15) is 0 Å². The summed E-state index contributed by atoms with van der Waals surface area (Å²) in [5, 5.41) is 0. The normalized spacial score (nSPS) is 0. The number of rotatable bonds is 0. The monoisotopic (exact) mass is 1030 g/mol. The molecule has 21 radical (unpaired) electrons. The van der Waals surface area contributed by atoms with Gasteiger partial charge in [-0.3, -0.25) is 0 Å². The molecule has 0 amide bonds. The largest absolute Gasteiger partial charge is 0 e. The quantitative estimate of drug-likeness (QED) is 0.259. The van der Waals surface area contributed by atoms with Crippen molar-refractivity contribution in [2.45, 2.75) is 0 Å². The Morgan fingerprint density at radius 1 is 0.154 bits per heavy atom. The van der Waals surface area contributed by atoms with Gasteiger partial charge in [0.05, 0.1) is 0 Å². The third-order valence-electron chi connectivity index (χ3n) is 0. The SMILES string of the molecule is [Cu].[Cu].[Cu].[Cu].[Cu].[Cu].[Cu].[Cu].[Cu].[In].[In].[In].[In]. The minimum Gasteiger partial charge on any atom is 0 e. The first kappa shape index (κ1) is 129. The van der Waals surface area contributed by atoms with Crippen molar-refractivity contribution in [3.05, 3.63) is 0 Å². The molecule has 0 rings (SSSR count). The van der Waals surface area contributed by atoms with Gasteiger partial charge in [0, 0.05) is 257 Å². The third-order valence-corrected chi connectivity index (χ3v) is 0. The summed E-state index contributed by atoms with van der Waals surface area (Å²) in [6.45, 7) is 0. The summed E-state index contributed by atoms with van der Waals surface area (Å²) < 4.78 is 0. The van der Waals surface area contributed by atoms with Crippen LogP contribution in [0.3, 0.4) is 0 Å². The molecule has 0 aromatic rings. The van der Waals surface area contributed by atoms with Gasteiger partial charge in [0.15, 0.2) is 0 Å². The Balaban J connectivity index is 0. The second-order valence-electron chi connectivity index (χ2n) is 0. The van der Waals surface area contributed by atoms with E-state index in [2.05, 4.69) is 0 Å². The Morgan fingerprint density at radius 2 is 0.154 bits per heavy atom. The molecule has 0 aliphatic rings. The average Bonchev–Trinajstić information content (AvgIpc) is 0. The summed E-state index contributed by atoms with van der Waals surface area (Å²) in [7, 11) is 0. The van der Waals surface area contributed by atoms with Gasteiger partial charge in [0.1, 0.15) is 0 Å². The molecule has 0 fully saturated rings. The molecule has 13 heavy (non-hydrogen) atoms. The van der Waals surface area contributed by atoms with Crippen molar-refractivity contribution in [2.75, 3.05) is 0 Å². The Bertz CT molecular complexity index is 11.6. The van der Waals surface area contributed by atoms with Gasteiger partial charge in [0.2, 0.25) is 0 Å². The van der Waals surface area contributed by atoms with Crippen molar-refractivity contribution in [3.8, 4) is 0 Å². The van der Waals surface area contributed by atoms with Crippen molar-refractivity contribution in [1.29, 1.82) is 0 Å². The molecule has 13 heteroatoms. The molecule has 0 heterocycles. The summed E-state index contributed by atoms with van der Waals surface area (Å²) in [6.07, 6.45) is 0. The molecule has 0 unspecified atom stereocenters. The van der Waals surface area contributed by atoms with Crippen LogP contribution in [0.25, 0.3) is 0 Å². The van der Waals surface area contributed by atoms with Crippen molar-refractivity contribution >= 4 is 103 Å². The fraction of sp³-hybridized carbons (Fsp3) is 0. The fourth-order valence-electron chi connectivity index (χ4n) is 0. The summed E-state index contributed by atoms with van der Waals surface area (Å²) in [5.41, 5.74) is 0. The third kappa shape index (κ3) is 99.9. The van der Waals surface area contributed by atoms with Gasteiger partial charge in [0.25, 0.3) is 0 Å². The molecule has 0 aliphatic carbocycles. The second-order valence-corrected chi connectivity index (χ2v) is 0. The van der Waals surface area contributed by atoms with Crippen LogP contribution in [0, 0.1) is 0 Å². The molecule has 0 saturated heterocycles. The summed E-state index contributed by atoms with van der Waals surface area (Å²) in [5.74, 6) is 0. The minimum absolute atomic E-state index is 0. The van der Waals surface area contributed by atoms with Crippen LogP contribution in [-0.4, -0.2) is 103 Å². The minimum atomic E-state index is 0. The first-order chi connectivity index (χ1) is 0. The van der Waals surface area contributed by atoms with Crippen LogP contribution in [0.4, 0.5) is 0 Å². The van der Waals surface area contributed by atoms with E-state index in [-0.39, 0.29) is 257 Å². The molecular weight excluding hydrogens is 1030 g/mol. The molecular formula is Cu9In4. The number of hydrogen-bond acceptors (Lipinski definition) is 0. The Hall–Kier alpha value is 8.16. The summed E-state index contributed by atoms with van der Waals surface area (Å²) in [6, 6.07) is 0. The molecule has 0 bridgehead atoms. The summed E-state index contributed by atoms with van der Waals surface area (Å²) in [4.78, 5) is 0. The van der Waals surface area contributed by atoms with Crippen molar-refractivity contribution in [3.63, 3.8) is 0 Å². The summed E-state index contributed by atoms with van der Waals surface area (Å²) >= 11 is 0. The fourth-order valence-corrected chi connectivity index (χ4v) is 0. The van der Waals surface area contributed by atoms with Gasteiger partial charge in [-0.15, -0.1) is 0 Å². The first-order valence-corrected chi connectivity index (χ1v) is 0. The van der Waals surface area contributed by atoms with Crippen LogP contribution in [0.15, 0.2) is 0 Å². The van der Waals surface area contributed by atoms with Gasteiger partial charge in [-0.2, -0.15) is 0 Å². The van der Waals surface area contributed by atoms with E-state index in [9.17, 15) is 0 Å². The van der Waals surface area contributed by atoms with Crippen molar-refractivity contribution in [2.24, 2.45) is 0 Å². The molecule has 0 spiro atoms. The van der Waals surface area contributed by atoms with Crippen molar-refractivity contribution < 1.29 is 154 Å². The predicted molar refractivity (Wildman–Crippen MR) is 23.0 cm³/mol. The topological polar surface area (TPSA) is 0 Å². The molecule has 0 nitrogen and oxygen atoms in total. The predicted octanol–water partition coefficient (Wildman–Crippen LogP) is -1.55.